The number of rotatable bonds is 3. The zero-order valence-electron chi connectivity index (χ0n) is 17.7. The van der Waals surface area contributed by atoms with Crippen LogP contribution in [-0.2, 0) is 18.5 Å². The molecule has 0 saturated heterocycles. The maximum Gasteiger partial charge on any atom is 0.395 e. The molecule has 0 fully saturated rings. The van der Waals surface area contributed by atoms with E-state index in [4.69, 9.17) is 4.74 Å². The number of azo groups is 1. The smallest absolute Gasteiger partial charge is 0.395 e. The van der Waals surface area contributed by atoms with E-state index in [2.05, 4.69) is 16.3 Å². The standard InChI is InChI=1S/C25H20N4O3/c1-25(2,13-26)17-5-3-15(4-6-17)19-11-16-9-10-29-14-27-28-24(29)22(16)32-23(19)20-12-18(30)7-8-21(20)31/h3-10,12,27H,11,14H2,1-2H3/p+1. The average molecular weight is 425 g/mol. The minimum atomic E-state index is -0.600. The minimum absolute atomic E-state index is 0.00263. The van der Waals surface area contributed by atoms with E-state index in [1.165, 1.54) is 18.2 Å². The number of phenols is 2. The van der Waals surface area contributed by atoms with Gasteiger partial charge in [-0.3, -0.25) is 0 Å². The topological polar surface area (TPSA) is 102 Å². The van der Waals surface area contributed by atoms with E-state index in [-0.39, 0.29) is 11.5 Å². The lowest BCUT2D eigenvalue weighted by molar-refractivity contribution is -0.675. The molecular weight excluding hydrogens is 404 g/mol. The molecule has 3 heterocycles. The molecule has 0 saturated carbocycles. The molecule has 0 atom stereocenters. The van der Waals surface area contributed by atoms with Crippen LogP contribution in [0.5, 0.6) is 17.2 Å². The number of hydrogen-bond donors (Lipinski definition) is 2. The van der Waals surface area contributed by atoms with Gasteiger partial charge in [0.25, 0.3) is 0 Å². The molecule has 32 heavy (non-hydrogen) atoms. The fourth-order valence-corrected chi connectivity index (χ4v) is 3.98. The highest BCUT2D eigenvalue weighted by atomic mass is 16.5. The Morgan fingerprint density at radius 1 is 1.09 bits per heavy atom. The Bertz CT molecular complexity index is 1350. The highest BCUT2D eigenvalue weighted by molar-refractivity contribution is 5.93. The second-order valence-electron chi connectivity index (χ2n) is 8.45. The van der Waals surface area contributed by atoms with Crippen LogP contribution in [0, 0.1) is 11.3 Å². The lowest BCUT2D eigenvalue weighted by Gasteiger charge is -2.24. The SMILES string of the molecule is CC(C)(C#N)c1ccc(C2=C(c3cc(O)ccc3O)Oc3c(cc[n+]4c3N=NC4)C2)cc1. The van der Waals surface area contributed by atoms with E-state index in [1.807, 2.05) is 54.9 Å². The molecule has 2 aliphatic rings. The number of pyridine rings is 1. The van der Waals surface area contributed by atoms with Gasteiger partial charge in [-0.05, 0) is 54.4 Å². The number of fused-ring (bicyclic) bond motifs is 3. The molecule has 1 aromatic heterocycles. The van der Waals surface area contributed by atoms with Gasteiger partial charge in [-0.2, -0.15) is 5.26 Å². The average Bonchev–Trinajstić information content (AvgIpc) is 3.29. The first-order valence-corrected chi connectivity index (χ1v) is 10.3. The fraction of sp³-hybridized carbons (Fsp3) is 0.200. The zero-order valence-corrected chi connectivity index (χ0v) is 17.7. The Morgan fingerprint density at radius 2 is 1.88 bits per heavy atom. The van der Waals surface area contributed by atoms with Crippen molar-refractivity contribution in [3.63, 3.8) is 0 Å². The summed E-state index contributed by atoms with van der Waals surface area (Å²) in [6, 6.07) is 16.5. The number of nitrogens with zero attached hydrogens (tertiary/aromatic N) is 4. The third-order valence-electron chi connectivity index (χ3n) is 5.91. The zero-order chi connectivity index (χ0) is 22.5. The first-order chi connectivity index (χ1) is 15.4. The molecule has 5 rings (SSSR count). The monoisotopic (exact) mass is 425 g/mol. The van der Waals surface area contributed by atoms with Gasteiger partial charge >= 0.3 is 5.82 Å². The van der Waals surface area contributed by atoms with Crippen molar-refractivity contribution in [2.75, 3.05) is 0 Å². The third-order valence-corrected chi connectivity index (χ3v) is 5.91. The summed E-state index contributed by atoms with van der Waals surface area (Å²) in [5, 5.41) is 38.4. The van der Waals surface area contributed by atoms with E-state index in [0.29, 0.717) is 36.0 Å². The number of phenolic OH excluding ortho intramolecular Hbond substituents is 2. The molecule has 158 valence electrons. The molecule has 2 aromatic carbocycles. The van der Waals surface area contributed by atoms with Gasteiger partial charge in [-0.15, -0.1) is 0 Å². The Kier molecular flexibility index (Phi) is 4.45. The Labute approximate surface area is 185 Å². The van der Waals surface area contributed by atoms with Gasteiger partial charge in [0.2, 0.25) is 12.4 Å². The van der Waals surface area contributed by atoms with Crippen LogP contribution in [0.2, 0.25) is 0 Å². The maximum absolute atomic E-state index is 10.6. The van der Waals surface area contributed by atoms with Crippen molar-refractivity contribution in [2.24, 2.45) is 10.2 Å². The maximum atomic E-state index is 10.6. The highest BCUT2D eigenvalue weighted by Gasteiger charge is 2.33. The van der Waals surface area contributed by atoms with Crippen LogP contribution in [-0.4, -0.2) is 10.2 Å². The lowest BCUT2D eigenvalue weighted by atomic mass is 9.84. The second kappa shape index (κ2) is 7.20. The minimum Gasteiger partial charge on any atom is -0.508 e. The number of ether oxygens (including phenoxy) is 1. The predicted octanol–water partition coefficient (Wildman–Crippen LogP) is 4.74. The van der Waals surface area contributed by atoms with Crippen molar-refractivity contribution in [3.05, 3.63) is 77.0 Å². The second-order valence-corrected chi connectivity index (χ2v) is 8.45. The summed E-state index contributed by atoms with van der Waals surface area (Å²) in [4.78, 5) is 0. The number of hydrogen-bond acceptors (Lipinski definition) is 6. The van der Waals surface area contributed by atoms with Crippen LogP contribution in [0.4, 0.5) is 5.82 Å². The normalized spacial score (nSPS) is 14.5. The Morgan fingerprint density at radius 3 is 2.62 bits per heavy atom. The molecule has 3 aromatic rings. The molecular formula is C25H21N4O3+. The summed E-state index contributed by atoms with van der Waals surface area (Å²) in [7, 11) is 0. The lowest BCUT2D eigenvalue weighted by Crippen LogP contribution is -2.30. The predicted molar refractivity (Wildman–Crippen MR) is 117 cm³/mol. The van der Waals surface area contributed by atoms with Crippen LogP contribution in [0.15, 0.2) is 65.0 Å². The number of nitriles is 1. The molecule has 0 aliphatic carbocycles. The van der Waals surface area contributed by atoms with Crippen molar-refractivity contribution in [1.29, 1.82) is 5.26 Å². The molecule has 7 nitrogen and oxygen atoms in total. The van der Waals surface area contributed by atoms with Crippen LogP contribution in [0.25, 0.3) is 11.3 Å². The number of aromatic hydroxyl groups is 2. The third kappa shape index (κ3) is 3.17. The van der Waals surface area contributed by atoms with Crippen molar-refractivity contribution in [2.45, 2.75) is 32.4 Å². The van der Waals surface area contributed by atoms with Crippen LogP contribution in [0.1, 0.15) is 36.1 Å². The molecule has 0 bridgehead atoms. The molecule has 2 aliphatic heterocycles. The van der Waals surface area contributed by atoms with E-state index >= 15 is 0 Å². The van der Waals surface area contributed by atoms with Crippen LogP contribution < -0.4 is 9.30 Å². The van der Waals surface area contributed by atoms with Gasteiger partial charge in [-0.1, -0.05) is 24.3 Å². The number of benzene rings is 2. The van der Waals surface area contributed by atoms with E-state index < -0.39 is 5.41 Å². The van der Waals surface area contributed by atoms with Crippen molar-refractivity contribution < 1.29 is 19.5 Å². The van der Waals surface area contributed by atoms with Gasteiger partial charge in [0.1, 0.15) is 17.3 Å². The molecule has 0 spiro atoms. The van der Waals surface area contributed by atoms with Gasteiger partial charge in [-0.25, -0.2) is 4.57 Å². The summed E-state index contributed by atoms with van der Waals surface area (Å²) < 4.78 is 8.26. The summed E-state index contributed by atoms with van der Waals surface area (Å²) in [5.41, 5.74) is 3.43. The summed E-state index contributed by atoms with van der Waals surface area (Å²) >= 11 is 0. The largest absolute Gasteiger partial charge is 0.508 e. The van der Waals surface area contributed by atoms with Crippen molar-refractivity contribution in [1.82, 2.24) is 0 Å². The summed E-state index contributed by atoms with van der Waals surface area (Å²) in [5.74, 6) is 1.71. The molecule has 0 unspecified atom stereocenters. The highest BCUT2D eigenvalue weighted by Crippen LogP contribution is 2.45. The molecule has 0 amide bonds. The fourth-order valence-electron chi connectivity index (χ4n) is 3.98. The Hall–Kier alpha value is -4.18. The van der Waals surface area contributed by atoms with Crippen LogP contribution in [0.3, 0.4) is 0 Å². The van der Waals surface area contributed by atoms with Gasteiger partial charge in [0.05, 0.1) is 28.4 Å². The molecule has 2 N–H and O–H groups in total. The molecule has 7 heteroatoms. The van der Waals surface area contributed by atoms with E-state index in [0.717, 1.165) is 22.3 Å². The number of allylic oxidation sites excluding steroid dienone is 1. The first-order valence-electron chi connectivity index (χ1n) is 10.3. The van der Waals surface area contributed by atoms with E-state index in [1.54, 1.807) is 0 Å². The van der Waals surface area contributed by atoms with E-state index in [9.17, 15) is 15.5 Å². The Balaban J connectivity index is 1.68. The van der Waals surface area contributed by atoms with Gasteiger partial charge in [0.15, 0.2) is 0 Å². The quantitative estimate of drug-likeness (QED) is 0.467. The summed E-state index contributed by atoms with van der Waals surface area (Å²) in [6.07, 6.45) is 2.48. The van der Waals surface area contributed by atoms with Crippen molar-refractivity contribution in [3.8, 4) is 23.3 Å². The van der Waals surface area contributed by atoms with Gasteiger partial charge < -0.3 is 14.9 Å². The van der Waals surface area contributed by atoms with Crippen molar-refractivity contribution >= 4 is 17.2 Å². The first kappa shape index (κ1) is 19.8. The number of aromatic nitrogens is 1. The van der Waals surface area contributed by atoms with Gasteiger partial charge in [0, 0.05) is 17.6 Å². The summed E-state index contributed by atoms with van der Waals surface area (Å²) in [6.45, 7) is 4.19. The molecule has 0 radical (unpaired) electrons. The van der Waals surface area contributed by atoms with Crippen LogP contribution >= 0.6 is 0 Å².